The van der Waals surface area contributed by atoms with Crippen molar-refractivity contribution in [2.45, 2.75) is 24.9 Å². The van der Waals surface area contributed by atoms with Crippen molar-refractivity contribution in [3.8, 4) is 0 Å². The van der Waals surface area contributed by atoms with Crippen molar-refractivity contribution in [2.75, 3.05) is 13.1 Å². The Labute approximate surface area is 84.2 Å². The van der Waals surface area contributed by atoms with Gasteiger partial charge in [-0.15, -0.1) is 0 Å². The molecule has 3 heteroatoms. The first-order chi connectivity index (χ1) is 6.79. The van der Waals surface area contributed by atoms with Crippen LogP contribution in [0.25, 0.3) is 0 Å². The zero-order chi connectivity index (χ0) is 9.86. The van der Waals surface area contributed by atoms with E-state index in [4.69, 9.17) is 0 Å². The van der Waals surface area contributed by atoms with Crippen molar-refractivity contribution < 1.29 is 5.11 Å². The van der Waals surface area contributed by atoms with Crippen LogP contribution in [0, 0.1) is 0 Å². The highest BCUT2D eigenvalue weighted by Crippen LogP contribution is 2.21. The topological polar surface area (TPSA) is 45.2 Å². The summed E-state index contributed by atoms with van der Waals surface area (Å²) in [6.07, 6.45) is 4.10. The van der Waals surface area contributed by atoms with Crippen molar-refractivity contribution >= 4 is 0 Å². The highest BCUT2D eigenvalue weighted by molar-refractivity contribution is 5.07. The fraction of sp³-hybridized carbons (Fsp3) is 0.545. The summed E-state index contributed by atoms with van der Waals surface area (Å²) in [6.45, 7) is 1.81. The van der Waals surface area contributed by atoms with E-state index in [2.05, 4.69) is 10.3 Å². The van der Waals surface area contributed by atoms with Gasteiger partial charge in [0.25, 0.3) is 0 Å². The highest BCUT2D eigenvalue weighted by Gasteiger charge is 2.29. The molecule has 1 fully saturated rings. The minimum atomic E-state index is -0.542. The van der Waals surface area contributed by atoms with Crippen LogP contribution in [0.4, 0.5) is 0 Å². The van der Waals surface area contributed by atoms with E-state index in [0.717, 1.165) is 31.6 Å². The molecule has 1 aliphatic heterocycles. The fourth-order valence-electron chi connectivity index (χ4n) is 1.91. The summed E-state index contributed by atoms with van der Waals surface area (Å²) in [5.41, 5.74) is 0.441. The largest absolute Gasteiger partial charge is 0.389 e. The lowest BCUT2D eigenvalue weighted by Crippen LogP contribution is -2.43. The van der Waals surface area contributed by atoms with Crippen LogP contribution < -0.4 is 5.32 Å². The van der Waals surface area contributed by atoms with Gasteiger partial charge in [0.2, 0.25) is 0 Å². The van der Waals surface area contributed by atoms with Gasteiger partial charge in [-0.3, -0.25) is 4.98 Å². The molecule has 1 saturated heterocycles. The van der Waals surface area contributed by atoms with Crippen LogP contribution in [0.3, 0.4) is 0 Å². The molecule has 3 nitrogen and oxygen atoms in total. The first kappa shape index (κ1) is 9.62. The van der Waals surface area contributed by atoms with Crippen LogP contribution >= 0.6 is 0 Å². The number of piperidine rings is 1. The lowest BCUT2D eigenvalue weighted by atomic mass is 9.88. The monoisotopic (exact) mass is 192 g/mol. The molecule has 0 unspecified atom stereocenters. The number of nitrogens with one attached hydrogen (secondary N) is 1. The minimum absolute atomic E-state index is 0.542. The van der Waals surface area contributed by atoms with Crippen molar-refractivity contribution in [3.05, 3.63) is 30.1 Å². The number of aromatic nitrogens is 1. The molecule has 1 aliphatic rings. The standard InChI is InChI=1S/C11H16N2O/c14-11(4-7-12-8-5-11)9-10-3-1-2-6-13-10/h1-3,6,12,14H,4-5,7-9H2. The van der Waals surface area contributed by atoms with Gasteiger partial charge in [0, 0.05) is 18.3 Å². The van der Waals surface area contributed by atoms with E-state index in [1.807, 2.05) is 18.2 Å². The van der Waals surface area contributed by atoms with Gasteiger partial charge in [-0.1, -0.05) is 6.07 Å². The van der Waals surface area contributed by atoms with Crippen molar-refractivity contribution in [1.29, 1.82) is 0 Å². The highest BCUT2D eigenvalue weighted by atomic mass is 16.3. The van der Waals surface area contributed by atoms with Crippen molar-refractivity contribution in [3.63, 3.8) is 0 Å². The molecule has 0 bridgehead atoms. The van der Waals surface area contributed by atoms with Crippen LogP contribution in [-0.4, -0.2) is 28.8 Å². The molecule has 14 heavy (non-hydrogen) atoms. The second kappa shape index (κ2) is 4.07. The first-order valence-corrected chi connectivity index (χ1v) is 5.12. The maximum atomic E-state index is 10.2. The Hall–Kier alpha value is -0.930. The van der Waals surface area contributed by atoms with Gasteiger partial charge in [0.1, 0.15) is 0 Å². The number of hydrogen-bond donors (Lipinski definition) is 2. The Bertz CT molecular complexity index is 281. The van der Waals surface area contributed by atoms with E-state index in [-0.39, 0.29) is 0 Å². The fourth-order valence-corrected chi connectivity index (χ4v) is 1.91. The summed E-state index contributed by atoms with van der Waals surface area (Å²) in [5, 5.41) is 13.5. The molecule has 0 atom stereocenters. The third kappa shape index (κ3) is 2.30. The van der Waals surface area contributed by atoms with Gasteiger partial charge < -0.3 is 10.4 Å². The molecule has 0 spiro atoms. The molecule has 0 saturated carbocycles. The predicted octanol–water partition coefficient (Wildman–Crippen LogP) is 0.739. The molecule has 2 rings (SSSR count). The number of aliphatic hydroxyl groups is 1. The molecule has 0 aliphatic carbocycles. The van der Waals surface area contributed by atoms with Gasteiger partial charge in [-0.2, -0.15) is 0 Å². The van der Waals surface area contributed by atoms with Crippen molar-refractivity contribution in [1.82, 2.24) is 10.3 Å². The summed E-state index contributed by atoms with van der Waals surface area (Å²) >= 11 is 0. The zero-order valence-corrected chi connectivity index (χ0v) is 8.24. The Morgan fingerprint density at radius 3 is 2.79 bits per heavy atom. The second-order valence-corrected chi connectivity index (χ2v) is 3.97. The summed E-state index contributed by atoms with van der Waals surface area (Å²) in [6, 6.07) is 5.84. The van der Waals surface area contributed by atoms with E-state index < -0.39 is 5.60 Å². The Morgan fingerprint density at radius 2 is 2.14 bits per heavy atom. The van der Waals surface area contributed by atoms with Gasteiger partial charge in [0.05, 0.1) is 5.60 Å². The van der Waals surface area contributed by atoms with Gasteiger partial charge in [-0.05, 0) is 38.1 Å². The van der Waals surface area contributed by atoms with Crippen LogP contribution in [0.15, 0.2) is 24.4 Å². The average Bonchev–Trinajstić information content (AvgIpc) is 2.19. The smallest absolute Gasteiger partial charge is 0.0727 e. The van der Waals surface area contributed by atoms with Crippen LogP contribution in [0.2, 0.25) is 0 Å². The average molecular weight is 192 g/mol. The Kier molecular flexibility index (Phi) is 2.79. The van der Waals surface area contributed by atoms with Crippen molar-refractivity contribution in [2.24, 2.45) is 0 Å². The van der Waals surface area contributed by atoms with Gasteiger partial charge in [-0.25, -0.2) is 0 Å². The Balaban J connectivity index is 2.02. The maximum Gasteiger partial charge on any atom is 0.0727 e. The number of rotatable bonds is 2. The number of hydrogen-bond acceptors (Lipinski definition) is 3. The van der Waals surface area contributed by atoms with Gasteiger partial charge >= 0.3 is 0 Å². The van der Waals surface area contributed by atoms with E-state index in [9.17, 15) is 5.11 Å². The molecule has 76 valence electrons. The third-order valence-electron chi connectivity index (χ3n) is 2.77. The molecule has 2 heterocycles. The van der Waals surface area contributed by atoms with E-state index in [1.54, 1.807) is 6.20 Å². The van der Waals surface area contributed by atoms with Crippen LogP contribution in [-0.2, 0) is 6.42 Å². The normalized spacial score (nSPS) is 20.6. The zero-order valence-electron chi connectivity index (χ0n) is 8.24. The SMILES string of the molecule is OC1(Cc2ccccn2)CCNCC1. The molecule has 1 aromatic heterocycles. The van der Waals surface area contributed by atoms with E-state index in [1.165, 1.54) is 0 Å². The second-order valence-electron chi connectivity index (χ2n) is 3.97. The van der Waals surface area contributed by atoms with E-state index >= 15 is 0 Å². The van der Waals surface area contributed by atoms with Gasteiger partial charge in [0.15, 0.2) is 0 Å². The molecule has 2 N–H and O–H groups in total. The third-order valence-corrected chi connectivity index (χ3v) is 2.77. The summed E-state index contributed by atoms with van der Waals surface area (Å²) in [5.74, 6) is 0. The summed E-state index contributed by atoms with van der Waals surface area (Å²) in [7, 11) is 0. The quantitative estimate of drug-likeness (QED) is 0.726. The van der Waals surface area contributed by atoms with Crippen LogP contribution in [0.1, 0.15) is 18.5 Å². The first-order valence-electron chi connectivity index (χ1n) is 5.12. The van der Waals surface area contributed by atoms with E-state index in [0.29, 0.717) is 6.42 Å². The molecule has 0 amide bonds. The molecule has 0 radical (unpaired) electrons. The van der Waals surface area contributed by atoms with Crippen LogP contribution in [0.5, 0.6) is 0 Å². The summed E-state index contributed by atoms with van der Waals surface area (Å²) in [4.78, 5) is 4.24. The minimum Gasteiger partial charge on any atom is -0.389 e. The Morgan fingerprint density at radius 1 is 1.36 bits per heavy atom. The number of pyridine rings is 1. The molecular formula is C11H16N2O. The summed E-state index contributed by atoms with van der Waals surface area (Å²) < 4.78 is 0. The maximum absolute atomic E-state index is 10.2. The number of nitrogens with zero attached hydrogens (tertiary/aromatic N) is 1. The predicted molar refractivity (Wildman–Crippen MR) is 55.0 cm³/mol. The molecule has 1 aromatic rings. The lowest BCUT2D eigenvalue weighted by Gasteiger charge is -2.32. The molecular weight excluding hydrogens is 176 g/mol. The molecule has 0 aromatic carbocycles. The lowest BCUT2D eigenvalue weighted by molar-refractivity contribution is 0.0100.